The third-order valence-corrected chi connectivity index (χ3v) is 1.55. The molecular formula is C3H9IN2O2. The number of halogens is 1. The number of aliphatic hydroxyl groups is 2. The topological polar surface area (TPSA) is 78.5 Å². The highest BCUT2D eigenvalue weighted by atomic mass is 127. The van der Waals surface area contributed by atoms with Crippen molar-refractivity contribution < 1.29 is 10.2 Å². The summed E-state index contributed by atoms with van der Waals surface area (Å²) in [6, 6.07) is -0.421. The summed E-state index contributed by atoms with van der Waals surface area (Å²) in [6.45, 7) is -0.152. The summed E-state index contributed by atoms with van der Waals surface area (Å²) in [5.74, 6) is 0. The van der Waals surface area contributed by atoms with Crippen LogP contribution < -0.4 is 9.26 Å². The largest absolute Gasteiger partial charge is 0.395 e. The Balaban J connectivity index is 3.35. The maximum absolute atomic E-state index is 8.56. The molecule has 50 valence electrons. The third kappa shape index (κ3) is 2.78. The van der Waals surface area contributed by atoms with Crippen molar-refractivity contribution in [3.63, 3.8) is 0 Å². The van der Waals surface area contributed by atoms with E-state index in [4.69, 9.17) is 15.9 Å². The molecule has 4 nitrogen and oxygen atoms in total. The molecule has 0 amide bonds. The molecule has 0 fully saturated rings. The molecule has 5 N–H and O–H groups in total. The van der Waals surface area contributed by atoms with Crippen LogP contribution in [-0.2, 0) is 0 Å². The van der Waals surface area contributed by atoms with Gasteiger partial charge in [0.05, 0.1) is 12.6 Å². The fourth-order valence-corrected chi connectivity index (χ4v) is 0.772. The Morgan fingerprint density at radius 3 is 2.25 bits per heavy atom. The van der Waals surface area contributed by atoms with E-state index in [2.05, 4.69) is 3.53 Å². The highest BCUT2D eigenvalue weighted by Crippen LogP contribution is 1.87. The molecule has 0 aromatic rings. The van der Waals surface area contributed by atoms with Gasteiger partial charge in [-0.1, -0.05) is 0 Å². The molecule has 0 aliphatic heterocycles. The number of nitrogens with one attached hydrogen (secondary N) is 1. The van der Waals surface area contributed by atoms with Gasteiger partial charge >= 0.3 is 0 Å². The standard InChI is InChI=1S/C3H9IN2O2/c4-6-2(1-7)3(5)8/h2-3,6-8H,1,5H2. The van der Waals surface area contributed by atoms with E-state index in [0.717, 1.165) is 0 Å². The quantitative estimate of drug-likeness (QED) is 0.273. The lowest BCUT2D eigenvalue weighted by Crippen LogP contribution is -2.43. The molecule has 5 heteroatoms. The van der Waals surface area contributed by atoms with Crippen LogP contribution in [0.5, 0.6) is 0 Å². The van der Waals surface area contributed by atoms with E-state index in [1.165, 1.54) is 0 Å². The smallest absolute Gasteiger partial charge is 0.120 e. The molecule has 0 bridgehead atoms. The molecule has 0 spiro atoms. The SMILES string of the molecule is NC(O)C(CO)NI. The maximum atomic E-state index is 8.56. The van der Waals surface area contributed by atoms with E-state index in [1.54, 1.807) is 0 Å². The zero-order valence-electron chi connectivity index (χ0n) is 4.21. The molecule has 0 saturated heterocycles. The van der Waals surface area contributed by atoms with Crippen LogP contribution in [0.1, 0.15) is 0 Å². The Labute approximate surface area is 61.6 Å². The molecule has 2 atom stereocenters. The van der Waals surface area contributed by atoms with Gasteiger partial charge in [0.25, 0.3) is 0 Å². The van der Waals surface area contributed by atoms with Crippen molar-refractivity contribution in [1.82, 2.24) is 3.53 Å². The second-order valence-electron chi connectivity index (χ2n) is 1.39. The number of rotatable bonds is 3. The summed E-state index contributed by atoms with van der Waals surface area (Å²) in [6.07, 6.45) is -0.989. The van der Waals surface area contributed by atoms with Gasteiger partial charge in [-0.2, -0.15) is 0 Å². The lowest BCUT2D eigenvalue weighted by molar-refractivity contribution is 0.110. The van der Waals surface area contributed by atoms with Gasteiger partial charge in [-0.05, 0) is 0 Å². The van der Waals surface area contributed by atoms with Crippen molar-refractivity contribution in [2.24, 2.45) is 5.73 Å². The van der Waals surface area contributed by atoms with Gasteiger partial charge < -0.3 is 15.9 Å². The van der Waals surface area contributed by atoms with Gasteiger partial charge in [0, 0.05) is 22.9 Å². The number of hydrogen-bond donors (Lipinski definition) is 4. The minimum Gasteiger partial charge on any atom is -0.395 e. The van der Waals surface area contributed by atoms with Crippen LogP contribution in [0.3, 0.4) is 0 Å². The van der Waals surface area contributed by atoms with Crippen LogP contribution >= 0.6 is 22.9 Å². The normalized spacial score (nSPS) is 18.0. The van der Waals surface area contributed by atoms with E-state index in [9.17, 15) is 0 Å². The molecule has 8 heavy (non-hydrogen) atoms. The molecule has 0 heterocycles. The predicted octanol–water partition coefficient (Wildman–Crippen LogP) is -1.44. The van der Waals surface area contributed by atoms with Crippen molar-refractivity contribution in [2.45, 2.75) is 12.3 Å². The minimum absolute atomic E-state index is 0.152. The first kappa shape index (κ1) is 8.57. The first-order chi connectivity index (χ1) is 3.72. The van der Waals surface area contributed by atoms with Crippen LogP contribution in [0.25, 0.3) is 0 Å². The summed E-state index contributed by atoms with van der Waals surface area (Å²) in [7, 11) is 0. The van der Waals surface area contributed by atoms with Gasteiger partial charge in [-0.15, -0.1) is 0 Å². The first-order valence-corrected chi connectivity index (χ1v) is 3.21. The summed E-state index contributed by atoms with van der Waals surface area (Å²) in [4.78, 5) is 0. The fraction of sp³-hybridized carbons (Fsp3) is 1.00. The Hall–Kier alpha value is 0.570. The molecule has 2 unspecified atom stereocenters. The van der Waals surface area contributed by atoms with E-state index in [0.29, 0.717) is 0 Å². The van der Waals surface area contributed by atoms with Crippen molar-refractivity contribution in [2.75, 3.05) is 6.61 Å². The number of aliphatic hydroxyl groups excluding tert-OH is 2. The second kappa shape index (κ2) is 4.45. The average molecular weight is 232 g/mol. The van der Waals surface area contributed by atoms with Crippen LogP contribution in [-0.4, -0.2) is 29.1 Å². The van der Waals surface area contributed by atoms with E-state index < -0.39 is 12.3 Å². The van der Waals surface area contributed by atoms with E-state index >= 15 is 0 Å². The lowest BCUT2D eigenvalue weighted by Gasteiger charge is -2.13. The van der Waals surface area contributed by atoms with Crippen LogP contribution in [0, 0.1) is 0 Å². The van der Waals surface area contributed by atoms with Crippen LogP contribution in [0.4, 0.5) is 0 Å². The van der Waals surface area contributed by atoms with E-state index in [1.807, 2.05) is 22.9 Å². The van der Waals surface area contributed by atoms with Gasteiger partial charge in [-0.3, -0.25) is 3.53 Å². The van der Waals surface area contributed by atoms with Crippen LogP contribution in [0.2, 0.25) is 0 Å². The summed E-state index contributed by atoms with van der Waals surface area (Å²) in [5, 5.41) is 17.0. The zero-order valence-corrected chi connectivity index (χ0v) is 6.37. The van der Waals surface area contributed by atoms with Gasteiger partial charge in [0.15, 0.2) is 0 Å². The van der Waals surface area contributed by atoms with Gasteiger partial charge in [0.1, 0.15) is 6.23 Å². The molecular weight excluding hydrogens is 223 g/mol. The minimum atomic E-state index is -0.989. The van der Waals surface area contributed by atoms with Gasteiger partial charge in [-0.25, -0.2) is 0 Å². The molecule has 0 saturated carbocycles. The maximum Gasteiger partial charge on any atom is 0.120 e. The Bertz CT molecular complexity index is 57.2. The van der Waals surface area contributed by atoms with Crippen molar-refractivity contribution in [3.8, 4) is 0 Å². The molecule has 0 radical (unpaired) electrons. The molecule has 0 rings (SSSR count). The first-order valence-electron chi connectivity index (χ1n) is 2.13. The van der Waals surface area contributed by atoms with Gasteiger partial charge in [0.2, 0.25) is 0 Å². The van der Waals surface area contributed by atoms with Crippen molar-refractivity contribution in [3.05, 3.63) is 0 Å². The third-order valence-electron chi connectivity index (χ3n) is 0.749. The second-order valence-corrected chi connectivity index (χ2v) is 2.01. The summed E-state index contributed by atoms with van der Waals surface area (Å²) < 4.78 is 2.60. The molecule has 0 aliphatic carbocycles. The lowest BCUT2D eigenvalue weighted by atomic mass is 10.3. The molecule has 0 aliphatic rings. The average Bonchev–Trinajstić information content (AvgIpc) is 1.69. The Morgan fingerprint density at radius 2 is 2.25 bits per heavy atom. The Morgan fingerprint density at radius 1 is 1.75 bits per heavy atom. The fourth-order valence-electron chi connectivity index (χ4n) is 0.207. The highest BCUT2D eigenvalue weighted by molar-refractivity contribution is 14.1. The van der Waals surface area contributed by atoms with Crippen molar-refractivity contribution in [1.29, 1.82) is 0 Å². The highest BCUT2D eigenvalue weighted by Gasteiger charge is 2.10. The van der Waals surface area contributed by atoms with Crippen LogP contribution in [0.15, 0.2) is 0 Å². The monoisotopic (exact) mass is 232 g/mol. The number of hydrogen-bond acceptors (Lipinski definition) is 4. The molecule has 0 aromatic heterocycles. The zero-order chi connectivity index (χ0) is 6.57. The predicted molar refractivity (Wildman–Crippen MR) is 38.2 cm³/mol. The van der Waals surface area contributed by atoms with Crippen molar-refractivity contribution >= 4 is 22.9 Å². The molecule has 0 aromatic carbocycles. The number of nitrogens with two attached hydrogens (primary N) is 1. The Kier molecular flexibility index (Phi) is 4.77. The summed E-state index contributed by atoms with van der Waals surface area (Å²) in [5.41, 5.74) is 4.99. The summed E-state index contributed by atoms with van der Waals surface area (Å²) >= 11 is 1.81. The van der Waals surface area contributed by atoms with E-state index in [-0.39, 0.29) is 6.61 Å².